The SMILES string of the molecule is [2H]C([2H])([2H])c1ccc(-c2cc3oc4nc(C)ccc4c3cc2C)[n+](C)c1. The summed E-state index contributed by atoms with van der Waals surface area (Å²) in [5.41, 5.74) is 5.69. The Labute approximate surface area is 139 Å². The molecule has 3 heteroatoms. The van der Waals surface area contributed by atoms with Gasteiger partial charge in [0, 0.05) is 32.2 Å². The number of hydrogen-bond donors (Lipinski definition) is 0. The highest BCUT2D eigenvalue weighted by molar-refractivity contribution is 6.05. The third kappa shape index (κ3) is 2.20. The Morgan fingerprint density at radius 2 is 1.96 bits per heavy atom. The molecule has 0 bridgehead atoms. The molecule has 0 aliphatic carbocycles. The maximum atomic E-state index is 7.57. The van der Waals surface area contributed by atoms with E-state index >= 15 is 0 Å². The molecular formula is C20H19N2O+. The first-order valence-corrected chi connectivity index (χ1v) is 7.55. The van der Waals surface area contributed by atoms with Gasteiger partial charge < -0.3 is 4.42 Å². The van der Waals surface area contributed by atoms with Gasteiger partial charge in [-0.1, -0.05) is 0 Å². The van der Waals surface area contributed by atoms with Crippen molar-refractivity contribution in [3.8, 4) is 11.3 Å². The summed E-state index contributed by atoms with van der Waals surface area (Å²) in [4.78, 5) is 4.47. The van der Waals surface area contributed by atoms with Gasteiger partial charge in [-0.25, -0.2) is 9.55 Å². The first kappa shape index (κ1) is 10.9. The van der Waals surface area contributed by atoms with Crippen molar-refractivity contribution in [1.82, 2.24) is 4.98 Å². The summed E-state index contributed by atoms with van der Waals surface area (Å²) in [5.74, 6) is 0. The van der Waals surface area contributed by atoms with E-state index in [2.05, 4.69) is 11.1 Å². The maximum Gasteiger partial charge on any atom is 0.227 e. The predicted molar refractivity (Wildman–Crippen MR) is 92.3 cm³/mol. The van der Waals surface area contributed by atoms with Crippen LogP contribution in [0.5, 0.6) is 0 Å². The molecule has 0 aliphatic heterocycles. The zero-order valence-electron chi connectivity index (χ0n) is 16.3. The van der Waals surface area contributed by atoms with Gasteiger partial charge in [0.05, 0.1) is 5.56 Å². The van der Waals surface area contributed by atoms with E-state index in [1.54, 1.807) is 12.3 Å². The van der Waals surface area contributed by atoms with Crippen LogP contribution >= 0.6 is 0 Å². The second kappa shape index (κ2) is 4.92. The number of aryl methyl sites for hydroxylation is 4. The second-order valence-electron chi connectivity index (χ2n) is 5.98. The molecule has 0 saturated heterocycles. The summed E-state index contributed by atoms with van der Waals surface area (Å²) in [6.07, 6.45) is 1.66. The van der Waals surface area contributed by atoms with Crippen molar-refractivity contribution in [2.45, 2.75) is 20.7 Å². The van der Waals surface area contributed by atoms with Crippen molar-refractivity contribution in [2.24, 2.45) is 7.05 Å². The van der Waals surface area contributed by atoms with Gasteiger partial charge in [-0.15, -0.1) is 0 Å². The van der Waals surface area contributed by atoms with Crippen LogP contribution in [0, 0.1) is 20.7 Å². The third-order valence-electron chi connectivity index (χ3n) is 4.23. The number of rotatable bonds is 1. The molecule has 0 amide bonds. The van der Waals surface area contributed by atoms with Crippen molar-refractivity contribution in [2.75, 3.05) is 0 Å². The molecule has 4 aromatic rings. The highest BCUT2D eigenvalue weighted by Gasteiger charge is 2.16. The number of furan rings is 1. The van der Waals surface area contributed by atoms with Crippen LogP contribution in [-0.2, 0) is 7.05 Å². The molecule has 4 rings (SSSR count). The zero-order chi connectivity index (χ0) is 18.6. The van der Waals surface area contributed by atoms with E-state index in [4.69, 9.17) is 8.53 Å². The number of fused-ring (bicyclic) bond motifs is 3. The highest BCUT2D eigenvalue weighted by Crippen LogP contribution is 2.33. The fourth-order valence-corrected chi connectivity index (χ4v) is 3.07. The largest absolute Gasteiger partial charge is 0.438 e. The molecule has 0 aliphatic rings. The van der Waals surface area contributed by atoms with Crippen LogP contribution < -0.4 is 4.57 Å². The number of hydrogen-bond acceptors (Lipinski definition) is 2. The Bertz CT molecular complexity index is 1160. The van der Waals surface area contributed by atoms with Crippen molar-refractivity contribution >= 4 is 22.1 Å². The fraction of sp³-hybridized carbons (Fsp3) is 0.200. The molecule has 0 N–H and O–H groups in total. The van der Waals surface area contributed by atoms with Crippen molar-refractivity contribution in [3.05, 3.63) is 59.4 Å². The molecule has 0 saturated carbocycles. The second-order valence-corrected chi connectivity index (χ2v) is 5.98. The van der Waals surface area contributed by atoms with E-state index in [-0.39, 0.29) is 0 Å². The molecule has 0 fully saturated rings. The minimum Gasteiger partial charge on any atom is -0.438 e. The summed E-state index contributed by atoms with van der Waals surface area (Å²) >= 11 is 0. The standard InChI is InChI=1S/C20H19N2O/c1-12-5-8-18(22(4)11-12)16-10-19-17(9-13(16)2)15-7-6-14(3)21-20(15)23-19/h5-11H,1-4H3/q+1/i1D3. The quantitative estimate of drug-likeness (QED) is 0.488. The first-order chi connectivity index (χ1) is 12.2. The van der Waals surface area contributed by atoms with Gasteiger partial charge in [0.15, 0.2) is 6.20 Å². The average molecular weight is 306 g/mol. The Balaban J connectivity index is 1.92. The molecule has 1 aromatic carbocycles. The van der Waals surface area contributed by atoms with E-state index in [9.17, 15) is 0 Å². The smallest absolute Gasteiger partial charge is 0.227 e. The van der Waals surface area contributed by atoms with E-state index in [1.165, 1.54) is 0 Å². The van der Waals surface area contributed by atoms with E-state index in [1.807, 2.05) is 49.7 Å². The van der Waals surface area contributed by atoms with Crippen LogP contribution in [0.4, 0.5) is 0 Å². The van der Waals surface area contributed by atoms with E-state index < -0.39 is 6.85 Å². The summed E-state index contributed by atoms with van der Waals surface area (Å²) in [6, 6.07) is 11.6. The minimum atomic E-state index is -2.11. The van der Waals surface area contributed by atoms with Gasteiger partial charge in [-0.2, -0.15) is 0 Å². The highest BCUT2D eigenvalue weighted by atomic mass is 16.3. The monoisotopic (exact) mass is 306 g/mol. The van der Waals surface area contributed by atoms with E-state index in [0.717, 1.165) is 38.9 Å². The molecule has 3 nitrogen and oxygen atoms in total. The predicted octanol–water partition coefficient (Wildman–Crippen LogP) is 4.40. The molecule has 23 heavy (non-hydrogen) atoms. The summed E-state index contributed by atoms with van der Waals surface area (Å²) in [7, 11) is 1.86. The molecule has 3 aromatic heterocycles. The molecule has 0 spiro atoms. The minimum absolute atomic E-state index is 0.325. The van der Waals surface area contributed by atoms with E-state index in [0.29, 0.717) is 11.3 Å². The van der Waals surface area contributed by atoms with Crippen LogP contribution in [-0.4, -0.2) is 4.98 Å². The Hall–Kier alpha value is -2.68. The van der Waals surface area contributed by atoms with Crippen LogP contribution in [0.2, 0.25) is 0 Å². The van der Waals surface area contributed by atoms with Crippen LogP contribution in [0.15, 0.2) is 47.0 Å². The fourth-order valence-electron chi connectivity index (χ4n) is 3.07. The first-order valence-electron chi connectivity index (χ1n) is 9.05. The number of pyridine rings is 2. The molecule has 0 atom stereocenters. The molecule has 114 valence electrons. The maximum absolute atomic E-state index is 7.57. The van der Waals surface area contributed by atoms with Gasteiger partial charge in [0.25, 0.3) is 0 Å². The number of aromatic nitrogens is 2. The average Bonchev–Trinajstić information content (AvgIpc) is 2.89. The van der Waals surface area contributed by atoms with Gasteiger partial charge in [0.1, 0.15) is 12.6 Å². The van der Waals surface area contributed by atoms with Crippen molar-refractivity contribution < 1.29 is 13.1 Å². The van der Waals surface area contributed by atoms with Gasteiger partial charge in [0.2, 0.25) is 11.4 Å². The summed E-state index contributed by atoms with van der Waals surface area (Å²) < 4.78 is 30.5. The molecule has 0 radical (unpaired) electrons. The lowest BCUT2D eigenvalue weighted by molar-refractivity contribution is -0.660. The number of nitrogens with zero attached hydrogens (tertiary/aromatic N) is 2. The summed E-state index contributed by atoms with van der Waals surface area (Å²) in [5, 5.41) is 2.04. The van der Waals surface area contributed by atoms with Gasteiger partial charge in [-0.3, -0.25) is 0 Å². The lowest BCUT2D eigenvalue weighted by Gasteiger charge is -2.05. The van der Waals surface area contributed by atoms with Crippen LogP contribution in [0.25, 0.3) is 33.3 Å². The van der Waals surface area contributed by atoms with Crippen molar-refractivity contribution in [3.63, 3.8) is 0 Å². The summed E-state index contributed by atoms with van der Waals surface area (Å²) in [6.45, 7) is 1.88. The van der Waals surface area contributed by atoms with Crippen LogP contribution in [0.1, 0.15) is 20.9 Å². The molecule has 3 heterocycles. The molecule has 0 unspecified atom stereocenters. The Morgan fingerprint density at radius 1 is 1.09 bits per heavy atom. The van der Waals surface area contributed by atoms with Gasteiger partial charge >= 0.3 is 0 Å². The molecular weight excluding hydrogens is 284 g/mol. The lowest BCUT2D eigenvalue weighted by atomic mass is 10.0. The third-order valence-corrected chi connectivity index (χ3v) is 4.23. The van der Waals surface area contributed by atoms with Crippen molar-refractivity contribution in [1.29, 1.82) is 0 Å². The van der Waals surface area contributed by atoms with Gasteiger partial charge in [-0.05, 0) is 56.6 Å². The lowest BCUT2D eigenvalue weighted by Crippen LogP contribution is -2.31. The van der Waals surface area contributed by atoms with Crippen LogP contribution in [0.3, 0.4) is 0 Å². The topological polar surface area (TPSA) is 29.9 Å². The Morgan fingerprint density at radius 3 is 2.74 bits per heavy atom. The zero-order valence-corrected chi connectivity index (χ0v) is 13.3. The number of benzene rings is 1. The normalized spacial score (nSPS) is 14.0. The Kier molecular flexibility index (Phi) is 2.34.